The molecule has 110 valence electrons. The fourth-order valence-corrected chi connectivity index (χ4v) is 1.19. The average molecular weight is 282 g/mol. The summed E-state index contributed by atoms with van der Waals surface area (Å²) >= 11 is 0. The maximum absolute atomic E-state index is 11.6. The second-order valence-electron chi connectivity index (χ2n) is 4.92. The maximum atomic E-state index is 11.6. The Kier molecular flexibility index (Phi) is 4.68. The van der Waals surface area contributed by atoms with Gasteiger partial charge in [-0.1, -0.05) is 0 Å². The number of nitrogens with one attached hydrogen (secondary N) is 2. The largest absolute Gasteiger partial charge is 0.444 e. The summed E-state index contributed by atoms with van der Waals surface area (Å²) in [5.74, 6) is -0.435. The first kappa shape index (κ1) is 15.5. The van der Waals surface area contributed by atoms with Gasteiger partial charge in [0.15, 0.2) is 11.6 Å². The van der Waals surface area contributed by atoms with E-state index in [0.29, 0.717) is 0 Å². The summed E-state index contributed by atoms with van der Waals surface area (Å²) < 4.78 is 4.98. The monoisotopic (exact) mass is 282 g/mol. The fraction of sp³-hybridized carbons (Fsp3) is 0.455. The first-order valence-corrected chi connectivity index (χ1v) is 5.81. The summed E-state index contributed by atoms with van der Waals surface area (Å²) in [5.41, 5.74) is 10.6. The molecule has 0 aliphatic heterocycles. The molecule has 6 N–H and O–H groups in total. The van der Waals surface area contributed by atoms with Gasteiger partial charge in [0.1, 0.15) is 24.2 Å². The summed E-state index contributed by atoms with van der Waals surface area (Å²) in [6.07, 6.45) is 0.483. The molecule has 0 fully saturated rings. The van der Waals surface area contributed by atoms with Crippen LogP contribution in [0, 0.1) is 0 Å². The Labute approximate surface area is 116 Å². The normalized spacial score (nSPS) is 10.8. The van der Waals surface area contributed by atoms with Gasteiger partial charge in [0, 0.05) is 0 Å². The molecule has 0 saturated carbocycles. The molecule has 0 aliphatic carbocycles. The highest BCUT2D eigenvalue weighted by Crippen LogP contribution is 2.20. The Balaban J connectivity index is 2.51. The standard InChI is InChI=1S/C11H18N6O3/c1-11(2,3)20-10(19)14-4-6(18)17-7-8(12)15-5-16-9(7)13/h5H,4H2,1-3H3,(H,14,19)(H,17,18)(H4,12,13,15,16). The highest BCUT2D eigenvalue weighted by Gasteiger charge is 2.17. The topological polar surface area (TPSA) is 145 Å². The Morgan fingerprint density at radius 1 is 1.25 bits per heavy atom. The van der Waals surface area contributed by atoms with Crippen LogP contribution in [0.2, 0.25) is 0 Å². The predicted octanol–water partition coefficient (Wildman–Crippen LogP) is 0.104. The highest BCUT2D eigenvalue weighted by atomic mass is 16.6. The van der Waals surface area contributed by atoms with E-state index in [-0.39, 0.29) is 23.9 Å². The molecule has 9 nitrogen and oxygen atoms in total. The van der Waals surface area contributed by atoms with Gasteiger partial charge in [-0.15, -0.1) is 0 Å². The number of alkyl carbamates (subject to hydrolysis) is 1. The summed E-state index contributed by atoms with van der Waals surface area (Å²) in [4.78, 5) is 30.4. The number of amides is 2. The van der Waals surface area contributed by atoms with Crippen LogP contribution in [-0.2, 0) is 9.53 Å². The van der Waals surface area contributed by atoms with Gasteiger partial charge >= 0.3 is 6.09 Å². The van der Waals surface area contributed by atoms with Crippen LogP contribution in [0.4, 0.5) is 22.1 Å². The van der Waals surface area contributed by atoms with Crippen molar-refractivity contribution >= 4 is 29.3 Å². The van der Waals surface area contributed by atoms with Crippen LogP contribution in [0.3, 0.4) is 0 Å². The van der Waals surface area contributed by atoms with E-state index in [1.165, 1.54) is 6.33 Å². The number of hydrogen-bond acceptors (Lipinski definition) is 7. The molecule has 0 atom stereocenters. The third kappa shape index (κ3) is 4.96. The number of rotatable bonds is 3. The smallest absolute Gasteiger partial charge is 0.408 e. The summed E-state index contributed by atoms with van der Waals surface area (Å²) in [6, 6.07) is 0. The average Bonchev–Trinajstić information content (AvgIpc) is 2.29. The van der Waals surface area contributed by atoms with Crippen molar-refractivity contribution in [2.75, 3.05) is 23.3 Å². The predicted molar refractivity (Wildman–Crippen MR) is 73.7 cm³/mol. The minimum absolute atomic E-state index is 0.0446. The van der Waals surface area contributed by atoms with E-state index >= 15 is 0 Å². The molecular formula is C11H18N6O3. The van der Waals surface area contributed by atoms with Gasteiger partial charge in [-0.3, -0.25) is 4.79 Å². The van der Waals surface area contributed by atoms with Crippen LogP contribution >= 0.6 is 0 Å². The second kappa shape index (κ2) is 6.04. The van der Waals surface area contributed by atoms with Gasteiger partial charge in [-0.25, -0.2) is 14.8 Å². The van der Waals surface area contributed by atoms with E-state index in [1.54, 1.807) is 20.8 Å². The number of hydrogen-bond donors (Lipinski definition) is 4. The van der Waals surface area contributed by atoms with Crippen molar-refractivity contribution in [1.82, 2.24) is 15.3 Å². The van der Waals surface area contributed by atoms with Gasteiger partial charge in [0.05, 0.1) is 0 Å². The fourth-order valence-electron chi connectivity index (χ4n) is 1.19. The lowest BCUT2D eigenvalue weighted by Gasteiger charge is -2.19. The number of carbonyl (C=O) groups is 2. The van der Waals surface area contributed by atoms with E-state index in [4.69, 9.17) is 16.2 Å². The number of nitrogen functional groups attached to an aromatic ring is 2. The second-order valence-corrected chi connectivity index (χ2v) is 4.92. The lowest BCUT2D eigenvalue weighted by atomic mass is 10.2. The number of nitrogens with zero attached hydrogens (tertiary/aromatic N) is 2. The molecule has 20 heavy (non-hydrogen) atoms. The zero-order chi connectivity index (χ0) is 15.3. The third-order valence-electron chi connectivity index (χ3n) is 1.96. The zero-order valence-corrected chi connectivity index (χ0v) is 11.6. The molecule has 0 spiro atoms. The number of ether oxygens (including phenoxy) is 1. The van der Waals surface area contributed by atoms with Crippen LogP contribution < -0.4 is 22.1 Å². The Hall–Kier alpha value is -2.58. The number of anilines is 3. The van der Waals surface area contributed by atoms with Gasteiger partial charge in [0.25, 0.3) is 0 Å². The Morgan fingerprint density at radius 2 is 1.80 bits per heavy atom. The van der Waals surface area contributed by atoms with E-state index in [2.05, 4.69) is 20.6 Å². The SMILES string of the molecule is CC(C)(C)OC(=O)NCC(=O)Nc1c(N)ncnc1N. The van der Waals surface area contributed by atoms with Gasteiger partial charge < -0.3 is 26.8 Å². The summed E-state index contributed by atoms with van der Waals surface area (Å²) in [6.45, 7) is 4.86. The first-order chi connectivity index (χ1) is 9.19. The van der Waals surface area contributed by atoms with Crippen LogP contribution in [0.1, 0.15) is 20.8 Å². The van der Waals surface area contributed by atoms with E-state index in [0.717, 1.165) is 0 Å². The number of carbonyl (C=O) groups excluding carboxylic acids is 2. The summed E-state index contributed by atoms with van der Waals surface area (Å²) in [7, 11) is 0. The molecular weight excluding hydrogens is 264 g/mol. The Morgan fingerprint density at radius 3 is 2.30 bits per heavy atom. The molecule has 0 aliphatic rings. The third-order valence-corrected chi connectivity index (χ3v) is 1.96. The molecule has 1 aromatic rings. The van der Waals surface area contributed by atoms with Crippen LogP contribution in [0.15, 0.2) is 6.33 Å². The van der Waals surface area contributed by atoms with Crippen molar-refractivity contribution in [1.29, 1.82) is 0 Å². The minimum atomic E-state index is -0.696. The highest BCUT2D eigenvalue weighted by molar-refractivity contribution is 5.98. The maximum Gasteiger partial charge on any atom is 0.408 e. The molecule has 1 rings (SSSR count). The summed E-state index contributed by atoms with van der Waals surface area (Å²) in [5, 5.41) is 4.71. The van der Waals surface area contributed by atoms with Crippen molar-refractivity contribution in [3.8, 4) is 0 Å². The molecule has 0 radical (unpaired) electrons. The van der Waals surface area contributed by atoms with Crippen molar-refractivity contribution in [2.24, 2.45) is 0 Å². The van der Waals surface area contributed by atoms with Gasteiger partial charge in [0.2, 0.25) is 5.91 Å². The molecule has 0 unspecified atom stereocenters. The minimum Gasteiger partial charge on any atom is -0.444 e. The molecule has 9 heteroatoms. The van der Waals surface area contributed by atoms with Crippen LogP contribution in [0.5, 0.6) is 0 Å². The molecule has 0 saturated heterocycles. The molecule has 2 amide bonds. The lowest BCUT2D eigenvalue weighted by Crippen LogP contribution is -2.37. The van der Waals surface area contributed by atoms with E-state index in [9.17, 15) is 9.59 Å². The van der Waals surface area contributed by atoms with Crippen molar-refractivity contribution in [3.63, 3.8) is 0 Å². The van der Waals surface area contributed by atoms with Crippen molar-refractivity contribution in [3.05, 3.63) is 6.33 Å². The van der Waals surface area contributed by atoms with E-state index in [1.807, 2.05) is 0 Å². The first-order valence-electron chi connectivity index (χ1n) is 5.81. The molecule has 0 bridgehead atoms. The lowest BCUT2D eigenvalue weighted by molar-refractivity contribution is -0.115. The number of aromatic nitrogens is 2. The number of nitrogens with two attached hydrogens (primary N) is 2. The quantitative estimate of drug-likeness (QED) is 0.615. The zero-order valence-electron chi connectivity index (χ0n) is 11.6. The Bertz CT molecular complexity index is 491. The van der Waals surface area contributed by atoms with Gasteiger partial charge in [-0.2, -0.15) is 0 Å². The molecule has 1 aromatic heterocycles. The van der Waals surface area contributed by atoms with Crippen LogP contribution in [-0.4, -0.2) is 34.1 Å². The van der Waals surface area contributed by atoms with Gasteiger partial charge in [-0.05, 0) is 20.8 Å². The van der Waals surface area contributed by atoms with Crippen molar-refractivity contribution < 1.29 is 14.3 Å². The van der Waals surface area contributed by atoms with Crippen molar-refractivity contribution in [2.45, 2.75) is 26.4 Å². The molecule has 0 aromatic carbocycles. The molecule has 1 heterocycles. The van der Waals surface area contributed by atoms with Crippen LogP contribution in [0.25, 0.3) is 0 Å². The van der Waals surface area contributed by atoms with E-state index < -0.39 is 17.6 Å².